The van der Waals surface area contributed by atoms with Gasteiger partial charge in [-0.05, 0) is 25.0 Å². The van der Waals surface area contributed by atoms with Gasteiger partial charge in [0.15, 0.2) is 0 Å². The van der Waals surface area contributed by atoms with Crippen LogP contribution < -0.4 is 10.1 Å². The molecule has 2 amide bonds. The number of hydrogen-bond acceptors (Lipinski definition) is 4. The van der Waals surface area contributed by atoms with E-state index in [1.165, 1.54) is 0 Å². The Balaban J connectivity index is 1.56. The number of nitrogens with one attached hydrogen (secondary N) is 1. The van der Waals surface area contributed by atoms with E-state index in [1.807, 2.05) is 17.0 Å². The van der Waals surface area contributed by atoms with Gasteiger partial charge in [0.05, 0.1) is 6.61 Å². The van der Waals surface area contributed by atoms with Crippen molar-refractivity contribution in [1.82, 2.24) is 15.2 Å². The van der Waals surface area contributed by atoms with Crippen LogP contribution in [-0.4, -0.2) is 54.4 Å². The lowest BCUT2D eigenvalue weighted by atomic mass is 10.00. The highest BCUT2D eigenvalue weighted by molar-refractivity contribution is 5.75. The summed E-state index contributed by atoms with van der Waals surface area (Å²) in [7, 11) is 1.64. The zero-order valence-corrected chi connectivity index (χ0v) is 12.9. The first-order valence-corrected chi connectivity index (χ1v) is 7.89. The number of carbonyl (C=O) groups excluding carboxylic acids is 1. The molecule has 0 aliphatic carbocycles. The third-order valence-corrected chi connectivity index (χ3v) is 4.46. The highest BCUT2D eigenvalue weighted by Crippen LogP contribution is 2.37. The minimum Gasteiger partial charge on any atom is -0.490 e. The number of methoxy groups -OCH3 is 1. The van der Waals surface area contributed by atoms with Gasteiger partial charge in [-0.2, -0.15) is 0 Å². The Bertz CT molecular complexity index is 483. The molecule has 120 valence electrons. The van der Waals surface area contributed by atoms with Crippen LogP contribution in [0, 0.1) is 0 Å². The SMILES string of the molecule is COCCNC(=O)N1C2CCC1CC(Oc1ccncc1)C2. The molecule has 2 saturated heterocycles. The van der Waals surface area contributed by atoms with Crippen molar-refractivity contribution < 1.29 is 14.3 Å². The molecular formula is C16H23N3O3. The lowest BCUT2D eigenvalue weighted by Crippen LogP contribution is -2.53. The number of nitrogens with zero attached hydrogens (tertiary/aromatic N) is 2. The maximum atomic E-state index is 12.3. The van der Waals surface area contributed by atoms with E-state index in [0.717, 1.165) is 31.4 Å². The highest BCUT2D eigenvalue weighted by Gasteiger charge is 2.43. The van der Waals surface area contributed by atoms with Crippen LogP contribution in [0.25, 0.3) is 0 Å². The lowest BCUT2D eigenvalue weighted by Gasteiger charge is -2.38. The topological polar surface area (TPSA) is 63.7 Å². The summed E-state index contributed by atoms with van der Waals surface area (Å²) >= 11 is 0. The van der Waals surface area contributed by atoms with E-state index in [0.29, 0.717) is 13.2 Å². The van der Waals surface area contributed by atoms with Gasteiger partial charge in [0.2, 0.25) is 0 Å². The summed E-state index contributed by atoms with van der Waals surface area (Å²) in [5, 5.41) is 2.93. The monoisotopic (exact) mass is 305 g/mol. The molecule has 1 aromatic heterocycles. The summed E-state index contributed by atoms with van der Waals surface area (Å²) in [6, 6.07) is 4.37. The van der Waals surface area contributed by atoms with E-state index < -0.39 is 0 Å². The number of ether oxygens (including phenoxy) is 2. The van der Waals surface area contributed by atoms with Crippen LogP contribution in [0.15, 0.2) is 24.5 Å². The number of hydrogen-bond donors (Lipinski definition) is 1. The van der Waals surface area contributed by atoms with Gasteiger partial charge in [0.25, 0.3) is 0 Å². The van der Waals surface area contributed by atoms with Crippen molar-refractivity contribution in [3.63, 3.8) is 0 Å². The predicted octanol–water partition coefficient (Wildman–Crippen LogP) is 1.81. The molecule has 6 nitrogen and oxygen atoms in total. The molecular weight excluding hydrogens is 282 g/mol. The van der Waals surface area contributed by atoms with E-state index in [9.17, 15) is 4.79 Å². The van der Waals surface area contributed by atoms with Gasteiger partial charge in [-0.15, -0.1) is 0 Å². The van der Waals surface area contributed by atoms with Crippen molar-refractivity contribution in [1.29, 1.82) is 0 Å². The summed E-state index contributed by atoms with van der Waals surface area (Å²) in [5.74, 6) is 0.859. The molecule has 2 aliphatic heterocycles. The largest absolute Gasteiger partial charge is 0.490 e. The van der Waals surface area contributed by atoms with Crippen LogP contribution in [0.2, 0.25) is 0 Å². The summed E-state index contributed by atoms with van der Waals surface area (Å²) in [4.78, 5) is 18.3. The molecule has 3 rings (SSSR count). The second kappa shape index (κ2) is 6.96. The summed E-state index contributed by atoms with van der Waals surface area (Å²) in [6.45, 7) is 1.10. The van der Waals surface area contributed by atoms with Crippen LogP contribution in [-0.2, 0) is 4.74 Å². The van der Waals surface area contributed by atoms with Crippen molar-refractivity contribution >= 4 is 6.03 Å². The maximum absolute atomic E-state index is 12.3. The second-order valence-electron chi connectivity index (χ2n) is 5.91. The Morgan fingerprint density at radius 3 is 2.64 bits per heavy atom. The zero-order chi connectivity index (χ0) is 15.4. The number of urea groups is 1. The molecule has 1 aromatic rings. The van der Waals surface area contributed by atoms with Crippen molar-refractivity contribution in [2.75, 3.05) is 20.3 Å². The minimum atomic E-state index is 0.0342. The molecule has 0 spiro atoms. The number of aromatic nitrogens is 1. The van der Waals surface area contributed by atoms with Gasteiger partial charge in [0, 0.05) is 51.0 Å². The molecule has 1 N–H and O–H groups in total. The molecule has 0 aromatic carbocycles. The Labute approximate surface area is 130 Å². The fourth-order valence-electron chi connectivity index (χ4n) is 3.52. The number of fused-ring (bicyclic) bond motifs is 2. The average Bonchev–Trinajstić information content (AvgIpc) is 2.80. The van der Waals surface area contributed by atoms with E-state index in [-0.39, 0.29) is 24.2 Å². The van der Waals surface area contributed by atoms with Crippen molar-refractivity contribution in [2.45, 2.75) is 43.9 Å². The molecule has 0 saturated carbocycles. The molecule has 22 heavy (non-hydrogen) atoms. The smallest absolute Gasteiger partial charge is 0.317 e. The molecule has 2 bridgehead atoms. The van der Waals surface area contributed by atoms with Crippen LogP contribution in [0.5, 0.6) is 5.75 Å². The van der Waals surface area contributed by atoms with Crippen LogP contribution in [0.1, 0.15) is 25.7 Å². The number of amides is 2. The van der Waals surface area contributed by atoms with Crippen LogP contribution in [0.3, 0.4) is 0 Å². The van der Waals surface area contributed by atoms with Gasteiger partial charge in [-0.3, -0.25) is 4.98 Å². The van der Waals surface area contributed by atoms with Crippen LogP contribution in [0.4, 0.5) is 4.79 Å². The normalized spacial score (nSPS) is 26.8. The Kier molecular flexibility index (Phi) is 4.77. The molecule has 0 radical (unpaired) electrons. The number of piperidine rings is 1. The average molecular weight is 305 g/mol. The summed E-state index contributed by atoms with van der Waals surface area (Å²) < 4.78 is 11.0. The van der Waals surface area contributed by atoms with Crippen molar-refractivity contribution in [3.8, 4) is 5.75 Å². The lowest BCUT2D eigenvalue weighted by molar-refractivity contribution is 0.0679. The third kappa shape index (κ3) is 3.32. The molecule has 3 heterocycles. The first kappa shape index (κ1) is 15.1. The maximum Gasteiger partial charge on any atom is 0.317 e. The summed E-state index contributed by atoms with van der Waals surface area (Å²) in [6.07, 6.45) is 7.59. The van der Waals surface area contributed by atoms with Gasteiger partial charge >= 0.3 is 6.03 Å². The van der Waals surface area contributed by atoms with E-state index in [2.05, 4.69) is 10.3 Å². The van der Waals surface area contributed by atoms with Gasteiger partial charge in [-0.1, -0.05) is 0 Å². The Morgan fingerprint density at radius 2 is 2.00 bits per heavy atom. The second-order valence-corrected chi connectivity index (χ2v) is 5.91. The first-order chi connectivity index (χ1) is 10.8. The van der Waals surface area contributed by atoms with Crippen molar-refractivity contribution in [2.24, 2.45) is 0 Å². The fourth-order valence-corrected chi connectivity index (χ4v) is 3.52. The standard InChI is InChI=1S/C16H23N3O3/c1-21-9-8-18-16(20)19-12-2-3-13(19)11-15(10-12)22-14-4-6-17-7-5-14/h4-7,12-13,15H,2-3,8-11H2,1H3,(H,18,20). The molecule has 2 unspecified atom stereocenters. The quantitative estimate of drug-likeness (QED) is 0.843. The summed E-state index contributed by atoms with van der Waals surface area (Å²) in [5.41, 5.74) is 0. The van der Waals surface area contributed by atoms with E-state index >= 15 is 0 Å². The highest BCUT2D eigenvalue weighted by atomic mass is 16.5. The molecule has 6 heteroatoms. The fraction of sp³-hybridized carbons (Fsp3) is 0.625. The molecule has 2 fully saturated rings. The number of rotatable bonds is 5. The zero-order valence-electron chi connectivity index (χ0n) is 12.9. The van der Waals surface area contributed by atoms with Gasteiger partial charge in [-0.25, -0.2) is 4.79 Å². The number of pyridine rings is 1. The third-order valence-electron chi connectivity index (χ3n) is 4.46. The Morgan fingerprint density at radius 1 is 1.32 bits per heavy atom. The van der Waals surface area contributed by atoms with E-state index in [1.54, 1.807) is 19.5 Å². The molecule has 2 aliphatic rings. The Hall–Kier alpha value is -1.82. The minimum absolute atomic E-state index is 0.0342. The number of carbonyl (C=O) groups is 1. The van der Waals surface area contributed by atoms with Gasteiger partial charge in [0.1, 0.15) is 11.9 Å². The first-order valence-electron chi connectivity index (χ1n) is 7.89. The van der Waals surface area contributed by atoms with Crippen molar-refractivity contribution in [3.05, 3.63) is 24.5 Å². The van der Waals surface area contributed by atoms with E-state index in [4.69, 9.17) is 9.47 Å². The van der Waals surface area contributed by atoms with Gasteiger partial charge < -0.3 is 19.7 Å². The predicted molar refractivity (Wildman–Crippen MR) is 81.8 cm³/mol. The molecule has 2 atom stereocenters. The van der Waals surface area contributed by atoms with Crippen LogP contribution >= 0.6 is 0 Å².